The lowest BCUT2D eigenvalue weighted by atomic mass is 9.74. The summed E-state index contributed by atoms with van der Waals surface area (Å²) in [5.74, 6) is 0.989. The second kappa shape index (κ2) is 4.77. The first kappa shape index (κ1) is 13.9. The standard InChI is InChI=1S/C18H26O2/c1-4-18(9-5-6-10-18)16(19)13-7-8-15-14(11-13)17(2,3)12-20-15/h7-8,11,16,19H,4-6,9-10,12H2,1-3H3. The maximum atomic E-state index is 10.9. The van der Waals surface area contributed by atoms with Gasteiger partial charge in [-0.05, 0) is 37.0 Å². The van der Waals surface area contributed by atoms with E-state index in [4.69, 9.17) is 4.74 Å². The van der Waals surface area contributed by atoms with Crippen molar-refractivity contribution in [1.29, 1.82) is 0 Å². The monoisotopic (exact) mass is 274 g/mol. The van der Waals surface area contributed by atoms with Gasteiger partial charge in [0.1, 0.15) is 5.75 Å². The Kier molecular flexibility index (Phi) is 3.32. The molecule has 2 nitrogen and oxygen atoms in total. The van der Waals surface area contributed by atoms with E-state index in [1.165, 1.54) is 18.4 Å². The summed E-state index contributed by atoms with van der Waals surface area (Å²) in [7, 11) is 0. The van der Waals surface area contributed by atoms with Crippen molar-refractivity contribution in [3.63, 3.8) is 0 Å². The lowest BCUT2D eigenvalue weighted by molar-refractivity contribution is 0.0237. The molecule has 0 radical (unpaired) electrons. The fourth-order valence-electron chi connectivity index (χ4n) is 3.96. The number of benzene rings is 1. The first-order valence-electron chi connectivity index (χ1n) is 7.94. The average Bonchev–Trinajstić information content (AvgIpc) is 3.04. The van der Waals surface area contributed by atoms with Crippen molar-refractivity contribution >= 4 is 0 Å². The number of fused-ring (bicyclic) bond motifs is 1. The topological polar surface area (TPSA) is 29.5 Å². The van der Waals surface area contributed by atoms with Crippen molar-refractivity contribution in [2.24, 2.45) is 5.41 Å². The van der Waals surface area contributed by atoms with Gasteiger partial charge in [0, 0.05) is 16.4 Å². The van der Waals surface area contributed by atoms with E-state index in [-0.39, 0.29) is 16.9 Å². The highest BCUT2D eigenvalue weighted by molar-refractivity contribution is 5.46. The van der Waals surface area contributed by atoms with E-state index < -0.39 is 0 Å². The number of ether oxygens (including phenoxy) is 1. The Morgan fingerprint density at radius 2 is 1.95 bits per heavy atom. The van der Waals surface area contributed by atoms with Gasteiger partial charge in [-0.3, -0.25) is 0 Å². The van der Waals surface area contributed by atoms with Crippen molar-refractivity contribution in [3.05, 3.63) is 29.3 Å². The minimum absolute atomic E-state index is 0.0557. The molecule has 1 N–H and O–H groups in total. The molecule has 1 heterocycles. The summed E-state index contributed by atoms with van der Waals surface area (Å²) in [5.41, 5.74) is 2.47. The Morgan fingerprint density at radius 3 is 2.60 bits per heavy atom. The van der Waals surface area contributed by atoms with Gasteiger partial charge in [-0.15, -0.1) is 0 Å². The van der Waals surface area contributed by atoms with E-state index in [9.17, 15) is 5.11 Å². The molecule has 1 aliphatic heterocycles. The van der Waals surface area contributed by atoms with Crippen LogP contribution in [0.15, 0.2) is 18.2 Å². The highest BCUT2D eigenvalue weighted by Gasteiger charge is 2.40. The van der Waals surface area contributed by atoms with Gasteiger partial charge in [-0.25, -0.2) is 0 Å². The molecule has 1 unspecified atom stereocenters. The van der Waals surface area contributed by atoms with Crippen molar-refractivity contribution in [1.82, 2.24) is 0 Å². The van der Waals surface area contributed by atoms with Gasteiger partial charge in [-0.2, -0.15) is 0 Å². The quantitative estimate of drug-likeness (QED) is 0.887. The van der Waals surface area contributed by atoms with Gasteiger partial charge >= 0.3 is 0 Å². The van der Waals surface area contributed by atoms with Gasteiger partial charge in [-0.1, -0.05) is 39.7 Å². The molecular formula is C18H26O2. The van der Waals surface area contributed by atoms with Gasteiger partial charge in [0.15, 0.2) is 0 Å². The van der Waals surface area contributed by atoms with Crippen LogP contribution >= 0.6 is 0 Å². The predicted molar refractivity (Wildman–Crippen MR) is 81.1 cm³/mol. The van der Waals surface area contributed by atoms with E-state index in [1.54, 1.807) is 0 Å². The third-order valence-electron chi connectivity index (χ3n) is 5.52. The van der Waals surface area contributed by atoms with E-state index in [0.717, 1.165) is 37.2 Å². The zero-order valence-corrected chi connectivity index (χ0v) is 12.9. The Labute approximate surface area is 122 Å². The largest absolute Gasteiger partial charge is 0.492 e. The van der Waals surface area contributed by atoms with E-state index >= 15 is 0 Å². The number of rotatable bonds is 3. The Morgan fingerprint density at radius 1 is 1.25 bits per heavy atom. The molecule has 0 bridgehead atoms. The zero-order chi connectivity index (χ0) is 14.4. The summed E-state index contributed by atoms with van der Waals surface area (Å²) in [4.78, 5) is 0. The maximum Gasteiger partial charge on any atom is 0.123 e. The Hall–Kier alpha value is -1.02. The molecule has 20 heavy (non-hydrogen) atoms. The summed E-state index contributed by atoms with van der Waals surface area (Å²) in [6, 6.07) is 6.28. The lowest BCUT2D eigenvalue weighted by Crippen LogP contribution is -2.25. The molecule has 1 fully saturated rings. The maximum absolute atomic E-state index is 10.9. The molecule has 1 saturated carbocycles. The fraction of sp³-hybridized carbons (Fsp3) is 0.667. The van der Waals surface area contributed by atoms with Crippen LogP contribution in [0.3, 0.4) is 0 Å². The Bertz CT molecular complexity index is 498. The lowest BCUT2D eigenvalue weighted by Gasteiger charge is -2.34. The van der Waals surface area contributed by atoms with Gasteiger partial charge in [0.2, 0.25) is 0 Å². The van der Waals surface area contributed by atoms with Crippen LogP contribution in [0.5, 0.6) is 5.75 Å². The summed E-state index contributed by atoms with van der Waals surface area (Å²) in [6.45, 7) is 7.37. The average molecular weight is 274 g/mol. The van der Waals surface area contributed by atoms with Gasteiger partial charge in [0.05, 0.1) is 12.7 Å². The molecule has 2 heteroatoms. The first-order chi connectivity index (χ1) is 9.48. The molecule has 2 aliphatic rings. The molecule has 0 spiro atoms. The summed E-state index contributed by atoms with van der Waals surface area (Å²) in [5, 5.41) is 10.9. The normalized spacial score (nSPS) is 24.2. The van der Waals surface area contributed by atoms with Crippen molar-refractivity contribution in [2.45, 2.75) is 64.4 Å². The SMILES string of the molecule is CCC1(C(O)c2ccc3c(c2)C(C)(C)CO3)CCCC1. The van der Waals surface area contributed by atoms with Crippen molar-refractivity contribution in [3.8, 4) is 5.75 Å². The van der Waals surface area contributed by atoms with E-state index in [2.05, 4.69) is 32.9 Å². The number of hydrogen-bond acceptors (Lipinski definition) is 2. The van der Waals surface area contributed by atoms with Crippen molar-refractivity contribution in [2.75, 3.05) is 6.61 Å². The number of aliphatic hydroxyl groups is 1. The van der Waals surface area contributed by atoms with Crippen LogP contribution in [0.4, 0.5) is 0 Å². The number of hydrogen-bond donors (Lipinski definition) is 1. The van der Waals surface area contributed by atoms with Gasteiger partial charge in [0.25, 0.3) is 0 Å². The summed E-state index contributed by atoms with van der Waals surface area (Å²) < 4.78 is 5.74. The number of aliphatic hydroxyl groups excluding tert-OH is 1. The molecule has 0 saturated heterocycles. The van der Waals surface area contributed by atoms with Crippen LogP contribution in [0.1, 0.15) is 70.1 Å². The molecule has 1 aromatic rings. The minimum atomic E-state index is -0.336. The second-order valence-corrected chi connectivity index (χ2v) is 7.25. The van der Waals surface area contributed by atoms with Crippen LogP contribution in [0.2, 0.25) is 0 Å². The third-order valence-corrected chi connectivity index (χ3v) is 5.52. The van der Waals surface area contributed by atoms with Crippen LogP contribution in [0.25, 0.3) is 0 Å². The van der Waals surface area contributed by atoms with Crippen LogP contribution in [-0.4, -0.2) is 11.7 Å². The first-order valence-corrected chi connectivity index (χ1v) is 7.94. The molecule has 0 amide bonds. The molecule has 1 atom stereocenters. The van der Waals surface area contributed by atoms with E-state index in [0.29, 0.717) is 0 Å². The van der Waals surface area contributed by atoms with Crippen molar-refractivity contribution < 1.29 is 9.84 Å². The molecule has 3 rings (SSSR count). The summed E-state index contributed by atoms with van der Waals surface area (Å²) >= 11 is 0. The van der Waals surface area contributed by atoms with Crippen LogP contribution in [0, 0.1) is 5.41 Å². The Balaban J connectivity index is 1.95. The third kappa shape index (κ3) is 2.05. The minimum Gasteiger partial charge on any atom is -0.492 e. The molecule has 110 valence electrons. The molecular weight excluding hydrogens is 248 g/mol. The highest BCUT2D eigenvalue weighted by Crippen LogP contribution is 2.51. The zero-order valence-electron chi connectivity index (χ0n) is 12.9. The second-order valence-electron chi connectivity index (χ2n) is 7.25. The highest BCUT2D eigenvalue weighted by atomic mass is 16.5. The molecule has 1 aromatic carbocycles. The predicted octanol–water partition coefficient (Wildman–Crippen LogP) is 4.36. The van der Waals surface area contributed by atoms with Crippen LogP contribution in [-0.2, 0) is 5.41 Å². The molecule has 0 aromatic heterocycles. The molecule has 1 aliphatic carbocycles. The smallest absolute Gasteiger partial charge is 0.123 e. The van der Waals surface area contributed by atoms with E-state index in [1.807, 2.05) is 6.07 Å². The van der Waals surface area contributed by atoms with Gasteiger partial charge < -0.3 is 9.84 Å². The fourth-order valence-corrected chi connectivity index (χ4v) is 3.96. The summed E-state index contributed by atoms with van der Waals surface area (Å²) in [6.07, 6.45) is 5.54. The van der Waals surface area contributed by atoms with Crippen LogP contribution < -0.4 is 4.74 Å².